The maximum absolute atomic E-state index is 13.9. The fraction of sp³-hybridized carbons (Fsp3) is 0.500. The van der Waals surface area contributed by atoms with Crippen LogP contribution in [-0.4, -0.2) is 18.2 Å². The Kier molecular flexibility index (Phi) is 3.85. The van der Waals surface area contributed by atoms with Gasteiger partial charge in [0.15, 0.2) is 0 Å². The van der Waals surface area contributed by atoms with Crippen molar-refractivity contribution < 1.29 is 13.9 Å². The van der Waals surface area contributed by atoms with E-state index in [1.807, 2.05) is 20.8 Å². The summed E-state index contributed by atoms with van der Waals surface area (Å²) in [6, 6.07) is 3.19. The predicted molar refractivity (Wildman–Crippen MR) is 76.0 cm³/mol. The first-order valence-electron chi connectivity index (χ1n) is 6.26. The van der Waals surface area contributed by atoms with Crippen molar-refractivity contribution in [2.75, 3.05) is 11.4 Å². The molecule has 0 N–H and O–H groups in total. The van der Waals surface area contributed by atoms with Gasteiger partial charge in [0.25, 0.3) is 0 Å². The van der Waals surface area contributed by atoms with Crippen molar-refractivity contribution in [2.45, 2.75) is 39.2 Å². The van der Waals surface area contributed by atoms with E-state index < -0.39 is 11.7 Å². The van der Waals surface area contributed by atoms with Crippen LogP contribution < -0.4 is 4.90 Å². The van der Waals surface area contributed by atoms with Crippen LogP contribution in [0.4, 0.5) is 14.9 Å². The minimum Gasteiger partial charge on any atom is -0.443 e. The molecule has 3 nitrogen and oxygen atoms in total. The molecule has 1 aliphatic rings. The maximum Gasteiger partial charge on any atom is 0.414 e. The summed E-state index contributed by atoms with van der Waals surface area (Å²) in [5, 5.41) is 0. The van der Waals surface area contributed by atoms with E-state index in [0.29, 0.717) is 28.7 Å². The van der Waals surface area contributed by atoms with Crippen LogP contribution in [0.15, 0.2) is 16.6 Å². The molecule has 0 fully saturated rings. The largest absolute Gasteiger partial charge is 0.443 e. The number of hydrogen-bond acceptors (Lipinski definition) is 2. The van der Waals surface area contributed by atoms with Crippen molar-refractivity contribution >= 4 is 27.7 Å². The summed E-state index contributed by atoms with van der Waals surface area (Å²) in [7, 11) is 0. The van der Waals surface area contributed by atoms with E-state index in [4.69, 9.17) is 4.74 Å². The molecule has 1 heterocycles. The zero-order valence-corrected chi connectivity index (χ0v) is 12.9. The Morgan fingerprint density at radius 1 is 1.42 bits per heavy atom. The number of nitrogens with zero attached hydrogens (tertiary/aromatic N) is 1. The van der Waals surface area contributed by atoms with Crippen LogP contribution in [0.3, 0.4) is 0 Å². The summed E-state index contributed by atoms with van der Waals surface area (Å²) < 4.78 is 19.9. The first kappa shape index (κ1) is 14.3. The summed E-state index contributed by atoms with van der Waals surface area (Å²) in [5.41, 5.74) is 0.631. The molecule has 1 aromatic carbocycles. The first-order valence-corrected chi connectivity index (χ1v) is 7.06. The van der Waals surface area contributed by atoms with Crippen molar-refractivity contribution in [1.29, 1.82) is 0 Å². The zero-order chi connectivity index (χ0) is 14.2. The lowest BCUT2D eigenvalue weighted by Gasteiger charge is -2.32. The molecule has 0 atom stereocenters. The monoisotopic (exact) mass is 329 g/mol. The Balaban J connectivity index is 2.34. The molecule has 0 aromatic heterocycles. The molecule has 0 bridgehead atoms. The van der Waals surface area contributed by atoms with Crippen molar-refractivity contribution in [3.8, 4) is 0 Å². The minimum atomic E-state index is -0.556. The van der Waals surface area contributed by atoms with Crippen LogP contribution in [0, 0.1) is 5.82 Å². The second-order valence-electron chi connectivity index (χ2n) is 5.62. The number of hydrogen-bond donors (Lipinski definition) is 0. The summed E-state index contributed by atoms with van der Waals surface area (Å²) in [5.74, 6) is -0.280. The van der Waals surface area contributed by atoms with Gasteiger partial charge in [-0.15, -0.1) is 0 Å². The lowest BCUT2D eigenvalue weighted by atomic mass is 10.0. The number of rotatable bonds is 0. The molecule has 1 amide bonds. The van der Waals surface area contributed by atoms with Crippen molar-refractivity contribution in [1.82, 2.24) is 0 Å². The molecule has 1 aromatic rings. The second kappa shape index (κ2) is 5.12. The third-order valence-corrected chi connectivity index (χ3v) is 3.31. The van der Waals surface area contributed by atoms with Crippen molar-refractivity contribution in [3.63, 3.8) is 0 Å². The Labute approximate surface area is 120 Å². The molecule has 0 radical (unpaired) electrons. The van der Waals surface area contributed by atoms with E-state index in [1.165, 1.54) is 11.0 Å². The lowest BCUT2D eigenvalue weighted by Crippen LogP contribution is -2.40. The van der Waals surface area contributed by atoms with Crippen LogP contribution in [0.1, 0.15) is 32.8 Å². The fourth-order valence-corrected chi connectivity index (χ4v) is 2.54. The standard InChI is InChI=1S/C14H17BrFNO2/c1-14(2,3)19-13(18)17-6-4-5-10-11(16)7-9(15)8-12(10)17/h7-8H,4-6H2,1-3H3. The Morgan fingerprint density at radius 2 is 2.11 bits per heavy atom. The number of ether oxygens (including phenoxy) is 1. The van der Waals surface area contributed by atoms with Gasteiger partial charge in [-0.3, -0.25) is 4.90 Å². The van der Waals surface area contributed by atoms with Crippen molar-refractivity contribution in [3.05, 3.63) is 28.0 Å². The molecule has 104 valence electrons. The molecule has 0 saturated heterocycles. The number of carbonyl (C=O) groups excluding carboxylic acids is 1. The number of benzene rings is 1. The van der Waals surface area contributed by atoms with Crippen LogP contribution in [0.5, 0.6) is 0 Å². The quantitative estimate of drug-likeness (QED) is 0.711. The SMILES string of the molecule is CC(C)(C)OC(=O)N1CCCc2c(F)cc(Br)cc21. The molecule has 0 saturated carbocycles. The normalized spacial score (nSPS) is 15.1. The van der Waals surface area contributed by atoms with E-state index in [2.05, 4.69) is 15.9 Å². The number of anilines is 1. The minimum absolute atomic E-state index is 0.280. The van der Waals surface area contributed by atoms with E-state index >= 15 is 0 Å². The number of halogens is 2. The number of amides is 1. The molecular formula is C14H17BrFNO2. The fourth-order valence-electron chi connectivity index (χ4n) is 2.12. The van der Waals surface area contributed by atoms with E-state index in [9.17, 15) is 9.18 Å². The zero-order valence-electron chi connectivity index (χ0n) is 11.3. The van der Waals surface area contributed by atoms with Gasteiger partial charge < -0.3 is 4.74 Å². The predicted octanol–water partition coefficient (Wildman–Crippen LogP) is 4.28. The van der Waals surface area contributed by atoms with Crippen LogP contribution in [-0.2, 0) is 11.2 Å². The Bertz CT molecular complexity index is 511. The number of fused-ring (bicyclic) bond motifs is 1. The summed E-state index contributed by atoms with van der Waals surface area (Å²) in [6.45, 7) is 6.00. The van der Waals surface area contributed by atoms with Crippen LogP contribution in [0.25, 0.3) is 0 Å². The van der Waals surface area contributed by atoms with Crippen LogP contribution >= 0.6 is 15.9 Å². The second-order valence-corrected chi connectivity index (χ2v) is 6.54. The highest BCUT2D eigenvalue weighted by atomic mass is 79.9. The van der Waals surface area contributed by atoms with E-state index in [1.54, 1.807) is 6.07 Å². The van der Waals surface area contributed by atoms with Gasteiger partial charge in [-0.1, -0.05) is 15.9 Å². The first-order chi connectivity index (χ1) is 8.78. The highest BCUT2D eigenvalue weighted by Gasteiger charge is 2.28. The van der Waals surface area contributed by atoms with Crippen LogP contribution in [0.2, 0.25) is 0 Å². The molecule has 0 spiro atoms. The van der Waals surface area contributed by atoms with Gasteiger partial charge in [0, 0.05) is 16.6 Å². The average molecular weight is 330 g/mol. The van der Waals surface area contributed by atoms with Crippen molar-refractivity contribution in [2.24, 2.45) is 0 Å². The Hall–Kier alpha value is -1.10. The average Bonchev–Trinajstić information content (AvgIpc) is 2.25. The molecule has 1 aliphatic heterocycles. The molecule has 0 unspecified atom stereocenters. The van der Waals surface area contributed by atoms with Gasteiger partial charge in [-0.05, 0) is 45.7 Å². The topological polar surface area (TPSA) is 29.5 Å². The van der Waals surface area contributed by atoms with E-state index in [0.717, 1.165) is 6.42 Å². The smallest absolute Gasteiger partial charge is 0.414 e. The third kappa shape index (κ3) is 3.26. The van der Waals surface area contributed by atoms with Gasteiger partial charge in [0.1, 0.15) is 11.4 Å². The summed E-state index contributed by atoms with van der Waals surface area (Å²) in [4.78, 5) is 13.7. The van der Waals surface area contributed by atoms with Gasteiger partial charge in [0.2, 0.25) is 0 Å². The molecule has 19 heavy (non-hydrogen) atoms. The summed E-state index contributed by atoms with van der Waals surface area (Å²) in [6.07, 6.45) is 0.962. The molecule has 5 heteroatoms. The molecule has 2 rings (SSSR count). The third-order valence-electron chi connectivity index (χ3n) is 2.85. The number of carbonyl (C=O) groups is 1. The highest BCUT2D eigenvalue weighted by Crippen LogP contribution is 2.33. The van der Waals surface area contributed by atoms with E-state index in [-0.39, 0.29) is 5.82 Å². The van der Waals surface area contributed by atoms with Gasteiger partial charge >= 0.3 is 6.09 Å². The Morgan fingerprint density at radius 3 is 2.74 bits per heavy atom. The molecular weight excluding hydrogens is 313 g/mol. The van der Waals surface area contributed by atoms with Gasteiger partial charge in [-0.25, -0.2) is 9.18 Å². The summed E-state index contributed by atoms with van der Waals surface area (Å²) >= 11 is 3.26. The van der Waals surface area contributed by atoms with Gasteiger partial charge in [-0.2, -0.15) is 0 Å². The maximum atomic E-state index is 13.9. The highest BCUT2D eigenvalue weighted by molar-refractivity contribution is 9.10. The van der Waals surface area contributed by atoms with Gasteiger partial charge in [0.05, 0.1) is 5.69 Å². The lowest BCUT2D eigenvalue weighted by molar-refractivity contribution is 0.0577. The molecule has 0 aliphatic carbocycles.